The van der Waals surface area contributed by atoms with Gasteiger partial charge in [-0.1, -0.05) is 6.07 Å². The number of hydrogen-bond acceptors (Lipinski definition) is 4. The van der Waals surface area contributed by atoms with Crippen LogP contribution in [-0.4, -0.2) is 10.6 Å². The number of anilines is 2. The van der Waals surface area contributed by atoms with Crippen molar-refractivity contribution in [2.75, 3.05) is 10.6 Å². The fourth-order valence-corrected chi connectivity index (χ4v) is 2.46. The third kappa shape index (κ3) is 1.48. The van der Waals surface area contributed by atoms with Crippen molar-refractivity contribution < 1.29 is 4.92 Å². The Hall–Kier alpha value is -2.30. The van der Waals surface area contributed by atoms with Gasteiger partial charge in [-0.15, -0.1) is 0 Å². The molecule has 0 amide bonds. The fraction of sp³-hybridized carbons (Fsp3) is 0.231. The monoisotopic (exact) mass is 243 g/mol. The van der Waals surface area contributed by atoms with Crippen molar-refractivity contribution in [3.63, 3.8) is 0 Å². The quantitative estimate of drug-likeness (QED) is 0.595. The maximum atomic E-state index is 11.0. The van der Waals surface area contributed by atoms with Crippen LogP contribution in [-0.2, 0) is 0 Å². The maximum Gasteiger partial charge on any atom is 0.277 e. The topological polar surface area (TPSA) is 67.2 Å². The van der Waals surface area contributed by atoms with Crippen LogP contribution in [0, 0.1) is 10.1 Å². The highest BCUT2D eigenvalue weighted by atomic mass is 16.6. The van der Waals surface area contributed by atoms with Gasteiger partial charge in [-0.05, 0) is 32.0 Å². The molecule has 3 rings (SSSR count). The van der Waals surface area contributed by atoms with Gasteiger partial charge in [0.1, 0.15) is 5.66 Å². The smallest absolute Gasteiger partial charge is 0.277 e. The summed E-state index contributed by atoms with van der Waals surface area (Å²) in [6.45, 7) is 4.05. The number of hydrogen-bond donors (Lipinski definition) is 2. The summed E-state index contributed by atoms with van der Waals surface area (Å²) in [7, 11) is 0. The second-order valence-electron chi connectivity index (χ2n) is 4.99. The van der Waals surface area contributed by atoms with Crippen molar-refractivity contribution in [1.29, 1.82) is 0 Å². The molecule has 92 valence electrons. The second kappa shape index (κ2) is 3.35. The molecule has 0 unspecified atom stereocenters. The minimum absolute atomic E-state index is 0.138. The number of nitrogens with one attached hydrogen (secondary N) is 2. The van der Waals surface area contributed by atoms with E-state index in [4.69, 9.17) is 0 Å². The largest absolute Gasteiger partial charge is 0.363 e. The zero-order valence-corrected chi connectivity index (χ0v) is 10.2. The van der Waals surface area contributed by atoms with Crippen LogP contribution in [0.3, 0.4) is 0 Å². The number of rotatable bonds is 1. The predicted molar refractivity (Wildman–Crippen MR) is 71.9 cm³/mol. The first-order valence-electron chi connectivity index (χ1n) is 5.74. The molecular weight excluding hydrogens is 230 g/mol. The molecule has 2 N–H and O–H groups in total. The van der Waals surface area contributed by atoms with Crippen molar-refractivity contribution in [3.05, 3.63) is 40.4 Å². The van der Waals surface area contributed by atoms with E-state index in [9.17, 15) is 10.1 Å². The number of benzene rings is 2. The Morgan fingerprint density at radius 3 is 2.44 bits per heavy atom. The van der Waals surface area contributed by atoms with Gasteiger partial charge in [0.15, 0.2) is 0 Å². The molecule has 5 heteroatoms. The Labute approximate surface area is 104 Å². The van der Waals surface area contributed by atoms with Crippen LogP contribution in [0.15, 0.2) is 30.3 Å². The number of nitro benzene ring substituents is 1. The molecule has 0 saturated carbocycles. The van der Waals surface area contributed by atoms with Crippen LogP contribution >= 0.6 is 0 Å². The lowest BCUT2D eigenvalue weighted by molar-refractivity contribution is -0.383. The van der Waals surface area contributed by atoms with Gasteiger partial charge >= 0.3 is 0 Å². The maximum absolute atomic E-state index is 11.0. The van der Waals surface area contributed by atoms with E-state index in [0.29, 0.717) is 5.39 Å². The van der Waals surface area contributed by atoms with Crippen LogP contribution in [0.1, 0.15) is 13.8 Å². The van der Waals surface area contributed by atoms with Gasteiger partial charge in [0.05, 0.1) is 10.3 Å². The molecule has 2 aromatic carbocycles. The van der Waals surface area contributed by atoms with E-state index in [2.05, 4.69) is 10.6 Å². The van der Waals surface area contributed by atoms with Crippen LogP contribution in [0.4, 0.5) is 17.1 Å². The molecule has 0 spiro atoms. The van der Waals surface area contributed by atoms with Gasteiger partial charge in [0.2, 0.25) is 0 Å². The van der Waals surface area contributed by atoms with Crippen molar-refractivity contribution in [2.24, 2.45) is 0 Å². The molecule has 1 aliphatic heterocycles. The normalized spacial score (nSPS) is 15.9. The first-order valence-corrected chi connectivity index (χ1v) is 5.74. The van der Waals surface area contributed by atoms with Gasteiger partial charge in [-0.25, -0.2) is 0 Å². The highest BCUT2D eigenvalue weighted by Crippen LogP contribution is 2.41. The summed E-state index contributed by atoms with van der Waals surface area (Å²) in [5, 5.41) is 19.2. The first-order chi connectivity index (χ1) is 8.48. The molecule has 2 aromatic rings. The van der Waals surface area contributed by atoms with Gasteiger partial charge in [-0.3, -0.25) is 10.1 Å². The van der Waals surface area contributed by atoms with Gasteiger partial charge in [-0.2, -0.15) is 0 Å². The fourth-order valence-electron chi connectivity index (χ4n) is 2.46. The van der Waals surface area contributed by atoms with Crippen molar-refractivity contribution >= 4 is 27.8 Å². The molecule has 18 heavy (non-hydrogen) atoms. The highest BCUT2D eigenvalue weighted by Gasteiger charge is 2.27. The molecule has 1 aliphatic rings. The summed E-state index contributed by atoms with van der Waals surface area (Å²) in [6, 6.07) is 8.88. The van der Waals surface area contributed by atoms with E-state index in [1.807, 2.05) is 26.0 Å². The summed E-state index contributed by atoms with van der Waals surface area (Å²) in [6.07, 6.45) is 0. The Balaban J connectivity index is 2.37. The average molecular weight is 243 g/mol. The van der Waals surface area contributed by atoms with Crippen LogP contribution in [0.2, 0.25) is 0 Å². The molecule has 0 radical (unpaired) electrons. The minimum atomic E-state index is -0.345. The summed E-state index contributed by atoms with van der Waals surface area (Å²) in [5.74, 6) is 0. The molecule has 1 heterocycles. The lowest BCUT2D eigenvalue weighted by Crippen LogP contribution is -2.41. The summed E-state index contributed by atoms with van der Waals surface area (Å²) < 4.78 is 0. The Morgan fingerprint density at radius 1 is 1.11 bits per heavy atom. The number of non-ortho nitro benzene ring substituents is 1. The highest BCUT2D eigenvalue weighted by molar-refractivity contribution is 6.08. The van der Waals surface area contributed by atoms with Crippen LogP contribution in [0.25, 0.3) is 10.8 Å². The van der Waals surface area contributed by atoms with Gasteiger partial charge in [0.25, 0.3) is 5.69 Å². The Kier molecular flexibility index (Phi) is 2.02. The van der Waals surface area contributed by atoms with Gasteiger partial charge in [0, 0.05) is 22.8 Å². The van der Waals surface area contributed by atoms with E-state index < -0.39 is 0 Å². The molecule has 5 nitrogen and oxygen atoms in total. The summed E-state index contributed by atoms with van der Waals surface area (Å²) in [5.41, 5.74) is 1.72. The molecule has 0 atom stereocenters. The average Bonchev–Trinajstić information content (AvgIpc) is 2.27. The van der Waals surface area contributed by atoms with E-state index in [1.165, 1.54) is 0 Å². The molecular formula is C13H13N3O2. The lowest BCUT2D eigenvalue weighted by Gasteiger charge is -2.35. The second-order valence-corrected chi connectivity index (χ2v) is 4.99. The molecule has 0 fully saturated rings. The third-order valence-electron chi connectivity index (χ3n) is 3.11. The lowest BCUT2D eigenvalue weighted by atomic mass is 10.00. The van der Waals surface area contributed by atoms with Crippen molar-refractivity contribution in [1.82, 2.24) is 0 Å². The zero-order valence-electron chi connectivity index (χ0n) is 10.2. The standard InChI is InChI=1S/C13H13N3O2/c1-13(2)14-9-5-3-4-8-11(16(17)18)7-6-10(15-13)12(8)9/h3-7,14-15H,1-2H3. The SMILES string of the molecule is CC1(C)Nc2cccc3c([N+](=O)[O-])ccc(c23)N1. The van der Waals surface area contributed by atoms with E-state index >= 15 is 0 Å². The molecule has 0 bridgehead atoms. The molecule has 0 aromatic heterocycles. The van der Waals surface area contributed by atoms with Crippen LogP contribution in [0.5, 0.6) is 0 Å². The van der Waals surface area contributed by atoms with Crippen LogP contribution < -0.4 is 10.6 Å². The van der Waals surface area contributed by atoms with E-state index in [0.717, 1.165) is 16.8 Å². The van der Waals surface area contributed by atoms with Gasteiger partial charge < -0.3 is 10.6 Å². The summed E-state index contributed by atoms with van der Waals surface area (Å²) in [4.78, 5) is 10.7. The van der Waals surface area contributed by atoms with E-state index in [-0.39, 0.29) is 16.3 Å². The zero-order chi connectivity index (χ0) is 12.9. The minimum Gasteiger partial charge on any atom is -0.363 e. The summed E-state index contributed by atoms with van der Waals surface area (Å²) >= 11 is 0. The first kappa shape index (κ1) is 10.8. The number of nitro groups is 1. The Morgan fingerprint density at radius 2 is 1.78 bits per heavy atom. The number of nitrogens with zero attached hydrogens (tertiary/aromatic N) is 1. The predicted octanol–water partition coefficient (Wildman–Crippen LogP) is 3.32. The molecule has 0 saturated heterocycles. The van der Waals surface area contributed by atoms with Crippen molar-refractivity contribution in [3.8, 4) is 0 Å². The third-order valence-corrected chi connectivity index (χ3v) is 3.11. The van der Waals surface area contributed by atoms with Crippen molar-refractivity contribution in [2.45, 2.75) is 19.5 Å². The Bertz CT molecular complexity index is 650. The molecule has 0 aliphatic carbocycles. The van der Waals surface area contributed by atoms with E-state index in [1.54, 1.807) is 18.2 Å².